The van der Waals surface area contributed by atoms with Gasteiger partial charge in [0.2, 0.25) is 5.91 Å². The molecule has 2 rings (SSSR count). The molecule has 1 aromatic carbocycles. The van der Waals surface area contributed by atoms with Crippen LogP contribution in [0.4, 0.5) is 0 Å². The lowest BCUT2D eigenvalue weighted by Crippen LogP contribution is -2.47. The van der Waals surface area contributed by atoms with E-state index in [1.807, 2.05) is 0 Å². The average molecular weight is 360 g/mol. The molecule has 1 N–H and O–H groups in total. The number of methoxy groups -OCH3 is 1. The number of likely N-dealkylation sites (tertiary alicyclic amines) is 1. The lowest BCUT2D eigenvalue weighted by Gasteiger charge is -2.33. The molecular formula is C21H32N2O3. The summed E-state index contributed by atoms with van der Waals surface area (Å²) in [6.07, 6.45) is 3.52. The smallest absolute Gasteiger partial charge is 0.306 e. The SMILES string of the molecule is COC(=O)CCC(=O)NC1CCCN(Cc2ccc(CC(C)C)cc2)C1. The molecule has 0 aliphatic carbocycles. The highest BCUT2D eigenvalue weighted by Crippen LogP contribution is 2.16. The van der Waals surface area contributed by atoms with E-state index in [-0.39, 0.29) is 30.8 Å². The lowest BCUT2D eigenvalue weighted by molar-refractivity contribution is -0.142. The highest BCUT2D eigenvalue weighted by atomic mass is 16.5. The van der Waals surface area contributed by atoms with Crippen molar-refractivity contribution < 1.29 is 14.3 Å². The topological polar surface area (TPSA) is 58.6 Å². The van der Waals surface area contributed by atoms with Crippen molar-refractivity contribution >= 4 is 11.9 Å². The van der Waals surface area contributed by atoms with Gasteiger partial charge in [-0.1, -0.05) is 38.1 Å². The summed E-state index contributed by atoms with van der Waals surface area (Å²) in [6.45, 7) is 7.30. The van der Waals surface area contributed by atoms with Crippen molar-refractivity contribution in [3.63, 3.8) is 0 Å². The van der Waals surface area contributed by atoms with Crippen molar-refractivity contribution in [2.24, 2.45) is 5.92 Å². The van der Waals surface area contributed by atoms with Gasteiger partial charge in [-0.3, -0.25) is 14.5 Å². The average Bonchev–Trinajstić information content (AvgIpc) is 2.61. The molecule has 26 heavy (non-hydrogen) atoms. The van der Waals surface area contributed by atoms with E-state index >= 15 is 0 Å². The van der Waals surface area contributed by atoms with Crippen LogP contribution < -0.4 is 5.32 Å². The third kappa shape index (κ3) is 7.16. The number of nitrogens with one attached hydrogen (secondary N) is 1. The third-order valence-electron chi connectivity index (χ3n) is 4.73. The summed E-state index contributed by atoms with van der Waals surface area (Å²) in [5.41, 5.74) is 2.70. The maximum atomic E-state index is 12.0. The Labute approximate surface area is 157 Å². The quantitative estimate of drug-likeness (QED) is 0.724. The van der Waals surface area contributed by atoms with Crippen LogP contribution in [0.5, 0.6) is 0 Å². The minimum absolute atomic E-state index is 0.0692. The van der Waals surface area contributed by atoms with Crippen LogP contribution in [0, 0.1) is 5.92 Å². The van der Waals surface area contributed by atoms with Gasteiger partial charge in [0.05, 0.1) is 13.5 Å². The molecule has 5 nitrogen and oxygen atoms in total. The van der Waals surface area contributed by atoms with Gasteiger partial charge >= 0.3 is 5.97 Å². The Morgan fingerprint density at radius 3 is 2.54 bits per heavy atom. The van der Waals surface area contributed by atoms with Crippen molar-refractivity contribution in [1.29, 1.82) is 0 Å². The maximum absolute atomic E-state index is 12.0. The van der Waals surface area contributed by atoms with E-state index in [2.05, 4.69) is 53.1 Å². The molecule has 0 bridgehead atoms. The van der Waals surface area contributed by atoms with Gasteiger partial charge in [0.1, 0.15) is 0 Å². The van der Waals surface area contributed by atoms with Gasteiger partial charge in [-0.15, -0.1) is 0 Å². The molecule has 0 spiro atoms. The van der Waals surface area contributed by atoms with Crippen LogP contribution in [0.25, 0.3) is 0 Å². The molecule has 5 heteroatoms. The molecule has 0 radical (unpaired) electrons. The van der Waals surface area contributed by atoms with Gasteiger partial charge in [0.15, 0.2) is 0 Å². The molecular weight excluding hydrogens is 328 g/mol. The first kappa shape index (κ1) is 20.4. The predicted molar refractivity (Wildman–Crippen MR) is 103 cm³/mol. The Morgan fingerprint density at radius 2 is 1.88 bits per heavy atom. The summed E-state index contributed by atoms with van der Waals surface area (Å²) in [7, 11) is 1.34. The fourth-order valence-electron chi connectivity index (χ4n) is 3.44. The minimum Gasteiger partial charge on any atom is -0.469 e. The fourth-order valence-corrected chi connectivity index (χ4v) is 3.44. The summed E-state index contributed by atoms with van der Waals surface area (Å²) in [6, 6.07) is 9.05. The molecule has 1 heterocycles. The second-order valence-corrected chi connectivity index (χ2v) is 7.63. The van der Waals surface area contributed by atoms with Crippen LogP contribution in [-0.2, 0) is 27.3 Å². The van der Waals surface area contributed by atoms with E-state index in [4.69, 9.17) is 0 Å². The Kier molecular flexibility index (Phi) is 8.10. The molecule has 1 saturated heterocycles. The Morgan fingerprint density at radius 1 is 1.19 bits per heavy atom. The number of esters is 1. The summed E-state index contributed by atoms with van der Waals surface area (Å²) >= 11 is 0. The number of nitrogens with zero attached hydrogens (tertiary/aromatic N) is 1. The molecule has 1 aliphatic rings. The monoisotopic (exact) mass is 360 g/mol. The first-order valence-corrected chi connectivity index (χ1v) is 9.62. The minimum atomic E-state index is -0.341. The molecule has 1 unspecified atom stereocenters. The van der Waals surface area contributed by atoms with E-state index < -0.39 is 0 Å². The summed E-state index contributed by atoms with van der Waals surface area (Å²) in [5, 5.41) is 3.06. The third-order valence-corrected chi connectivity index (χ3v) is 4.73. The molecule has 1 fully saturated rings. The Hall–Kier alpha value is -1.88. The zero-order chi connectivity index (χ0) is 18.9. The molecule has 1 atom stereocenters. The van der Waals surface area contributed by atoms with Crippen molar-refractivity contribution in [1.82, 2.24) is 10.2 Å². The molecule has 0 saturated carbocycles. The summed E-state index contributed by atoms with van der Waals surface area (Å²) in [5.74, 6) is 0.262. The van der Waals surface area contributed by atoms with Gasteiger partial charge in [0, 0.05) is 25.6 Å². The van der Waals surface area contributed by atoms with Crippen LogP contribution in [0.3, 0.4) is 0 Å². The van der Waals surface area contributed by atoms with Crippen molar-refractivity contribution in [3.05, 3.63) is 35.4 Å². The summed E-state index contributed by atoms with van der Waals surface area (Å²) in [4.78, 5) is 25.5. The number of carbonyl (C=O) groups is 2. The summed E-state index contributed by atoms with van der Waals surface area (Å²) < 4.78 is 4.58. The van der Waals surface area contributed by atoms with Crippen LogP contribution in [0.2, 0.25) is 0 Å². The molecule has 1 aromatic rings. The molecule has 144 valence electrons. The van der Waals surface area contributed by atoms with E-state index in [0.717, 1.165) is 38.9 Å². The number of rotatable bonds is 8. The highest BCUT2D eigenvalue weighted by Gasteiger charge is 2.21. The van der Waals surface area contributed by atoms with Crippen molar-refractivity contribution in [3.8, 4) is 0 Å². The second kappa shape index (κ2) is 10.3. The Balaban J connectivity index is 1.78. The highest BCUT2D eigenvalue weighted by molar-refractivity contribution is 5.81. The molecule has 0 aromatic heterocycles. The number of hydrogen-bond acceptors (Lipinski definition) is 4. The van der Waals surface area contributed by atoms with Gasteiger partial charge in [-0.2, -0.15) is 0 Å². The largest absolute Gasteiger partial charge is 0.469 e. The van der Waals surface area contributed by atoms with Crippen LogP contribution >= 0.6 is 0 Å². The fraction of sp³-hybridized carbons (Fsp3) is 0.619. The van der Waals surface area contributed by atoms with E-state index in [1.165, 1.54) is 18.2 Å². The van der Waals surface area contributed by atoms with Gasteiger partial charge in [0.25, 0.3) is 0 Å². The standard InChI is InChI=1S/C21H32N2O3/c1-16(2)13-17-6-8-18(9-7-17)14-23-12-4-5-19(15-23)22-20(24)10-11-21(25)26-3/h6-9,16,19H,4-5,10-15H2,1-3H3,(H,22,24). The number of benzene rings is 1. The number of piperidine rings is 1. The zero-order valence-corrected chi connectivity index (χ0v) is 16.3. The van der Waals surface area contributed by atoms with E-state index in [1.54, 1.807) is 0 Å². The van der Waals surface area contributed by atoms with E-state index in [0.29, 0.717) is 5.92 Å². The second-order valence-electron chi connectivity index (χ2n) is 7.63. The van der Waals surface area contributed by atoms with Crippen LogP contribution in [-0.4, -0.2) is 43.0 Å². The van der Waals surface area contributed by atoms with E-state index in [9.17, 15) is 9.59 Å². The number of carbonyl (C=O) groups excluding carboxylic acids is 2. The Bertz CT molecular complexity index is 583. The number of ether oxygens (including phenoxy) is 1. The first-order chi connectivity index (χ1) is 12.5. The predicted octanol–water partition coefficient (Wildman–Crippen LogP) is 2.92. The van der Waals surface area contributed by atoms with Gasteiger partial charge in [-0.25, -0.2) is 0 Å². The normalized spacial score (nSPS) is 17.9. The van der Waals surface area contributed by atoms with Gasteiger partial charge < -0.3 is 10.1 Å². The van der Waals surface area contributed by atoms with Gasteiger partial charge in [-0.05, 0) is 42.9 Å². The van der Waals surface area contributed by atoms with Crippen LogP contribution in [0.1, 0.15) is 50.7 Å². The molecule has 1 amide bonds. The molecule has 1 aliphatic heterocycles. The number of amides is 1. The lowest BCUT2D eigenvalue weighted by atomic mass is 10.0. The first-order valence-electron chi connectivity index (χ1n) is 9.62. The van der Waals surface area contributed by atoms with Crippen molar-refractivity contribution in [2.45, 2.75) is 58.5 Å². The zero-order valence-electron chi connectivity index (χ0n) is 16.3. The number of hydrogen-bond donors (Lipinski definition) is 1. The van der Waals surface area contributed by atoms with Crippen molar-refractivity contribution in [2.75, 3.05) is 20.2 Å². The van der Waals surface area contributed by atoms with Crippen LogP contribution in [0.15, 0.2) is 24.3 Å². The maximum Gasteiger partial charge on any atom is 0.306 e.